The molecule has 0 saturated carbocycles. The fraction of sp³-hybridized carbons (Fsp3) is 0.167. The number of benzene rings is 1. The van der Waals surface area contributed by atoms with E-state index in [2.05, 4.69) is 10.4 Å². The number of aromatic nitrogens is 2. The lowest BCUT2D eigenvalue weighted by molar-refractivity contribution is 0.0602. The summed E-state index contributed by atoms with van der Waals surface area (Å²) < 4.78 is 11.7. The highest BCUT2D eigenvalue weighted by atomic mass is 35.5. The highest BCUT2D eigenvalue weighted by molar-refractivity contribution is 7.16. The third-order valence-electron chi connectivity index (χ3n) is 3.62. The van der Waals surface area contributed by atoms with E-state index < -0.39 is 11.9 Å². The number of esters is 1. The molecular weight excluding hydrogens is 425 g/mol. The Kier molecular flexibility index (Phi) is 6.23. The van der Waals surface area contributed by atoms with Crippen molar-refractivity contribution >= 4 is 51.4 Å². The van der Waals surface area contributed by atoms with Gasteiger partial charge >= 0.3 is 5.97 Å². The summed E-state index contributed by atoms with van der Waals surface area (Å²) in [4.78, 5) is 25.2. The Hall–Kier alpha value is -2.55. The predicted octanol–water partition coefficient (Wildman–Crippen LogP) is 4.64. The Labute approximate surface area is 174 Å². The van der Waals surface area contributed by atoms with Crippen LogP contribution in [0.3, 0.4) is 0 Å². The van der Waals surface area contributed by atoms with Crippen LogP contribution in [-0.4, -0.2) is 28.8 Å². The van der Waals surface area contributed by atoms with Gasteiger partial charge in [0.15, 0.2) is 18.2 Å². The minimum Gasteiger partial charge on any atom is -0.468 e. The molecule has 0 atom stereocenters. The molecule has 1 aromatic carbocycles. The van der Waals surface area contributed by atoms with Crippen molar-refractivity contribution in [3.8, 4) is 5.75 Å². The maximum absolute atomic E-state index is 12.5. The summed E-state index contributed by atoms with van der Waals surface area (Å²) in [7, 11) is 1.29. The van der Waals surface area contributed by atoms with Crippen LogP contribution in [0.4, 0.5) is 5.00 Å². The summed E-state index contributed by atoms with van der Waals surface area (Å²) in [5.41, 5.74) is 0.463. The van der Waals surface area contributed by atoms with Gasteiger partial charge in [0.2, 0.25) is 0 Å². The van der Waals surface area contributed by atoms with E-state index in [9.17, 15) is 9.59 Å². The Balaban J connectivity index is 1.69. The number of hydrogen-bond donors (Lipinski definition) is 1. The number of anilines is 1. The maximum Gasteiger partial charge on any atom is 0.340 e. The lowest BCUT2D eigenvalue weighted by atomic mass is 10.3. The quantitative estimate of drug-likeness (QED) is 0.565. The van der Waals surface area contributed by atoms with Gasteiger partial charge in [0, 0.05) is 11.1 Å². The molecule has 0 aliphatic rings. The molecule has 7 nitrogen and oxygen atoms in total. The van der Waals surface area contributed by atoms with Gasteiger partial charge in [-0.25, -0.2) is 9.48 Å². The van der Waals surface area contributed by atoms with Gasteiger partial charge in [-0.1, -0.05) is 29.3 Å². The van der Waals surface area contributed by atoms with Crippen LogP contribution < -0.4 is 10.1 Å². The summed E-state index contributed by atoms with van der Waals surface area (Å²) in [5.74, 6) is -0.638. The van der Waals surface area contributed by atoms with Gasteiger partial charge in [0.1, 0.15) is 5.00 Å². The molecule has 0 bridgehead atoms. The number of halogens is 2. The first-order chi connectivity index (χ1) is 13.4. The van der Waals surface area contributed by atoms with Crippen molar-refractivity contribution in [2.75, 3.05) is 12.4 Å². The van der Waals surface area contributed by atoms with E-state index in [0.717, 1.165) is 4.88 Å². The van der Waals surface area contributed by atoms with Crippen molar-refractivity contribution in [1.82, 2.24) is 9.78 Å². The van der Waals surface area contributed by atoms with E-state index >= 15 is 0 Å². The van der Waals surface area contributed by atoms with Crippen LogP contribution in [0.1, 0.15) is 25.7 Å². The highest BCUT2D eigenvalue weighted by Gasteiger charge is 2.19. The molecule has 0 unspecified atom stereocenters. The van der Waals surface area contributed by atoms with Crippen LogP contribution in [0.15, 0.2) is 36.5 Å². The van der Waals surface area contributed by atoms with Gasteiger partial charge in [0.05, 0.1) is 22.7 Å². The van der Waals surface area contributed by atoms with E-state index in [-0.39, 0.29) is 12.4 Å². The van der Waals surface area contributed by atoms with E-state index in [1.165, 1.54) is 29.2 Å². The molecule has 146 valence electrons. The molecule has 0 fully saturated rings. The minimum atomic E-state index is -0.518. The van der Waals surface area contributed by atoms with Gasteiger partial charge in [-0.15, -0.1) is 11.3 Å². The first kappa shape index (κ1) is 20.2. The van der Waals surface area contributed by atoms with Crippen LogP contribution in [0.25, 0.3) is 0 Å². The number of thiophene rings is 1. The van der Waals surface area contributed by atoms with Crippen molar-refractivity contribution in [3.05, 3.63) is 62.7 Å². The molecule has 2 heterocycles. The van der Waals surface area contributed by atoms with Crippen molar-refractivity contribution < 1.29 is 19.1 Å². The summed E-state index contributed by atoms with van der Waals surface area (Å²) >= 11 is 13.4. The molecule has 1 amide bonds. The molecule has 0 aliphatic carbocycles. The third-order valence-corrected chi connectivity index (χ3v) is 5.18. The van der Waals surface area contributed by atoms with Crippen LogP contribution in [0.5, 0.6) is 5.75 Å². The zero-order chi connectivity index (χ0) is 20.3. The second-order valence-electron chi connectivity index (χ2n) is 5.61. The number of nitrogens with zero attached hydrogens (tertiary/aromatic N) is 2. The molecule has 10 heteroatoms. The van der Waals surface area contributed by atoms with Crippen molar-refractivity contribution in [1.29, 1.82) is 0 Å². The number of aryl methyl sites for hydroxylation is 1. The normalized spacial score (nSPS) is 10.6. The maximum atomic E-state index is 12.5. The number of nitrogens with one attached hydrogen (secondary N) is 1. The Morgan fingerprint density at radius 3 is 2.64 bits per heavy atom. The monoisotopic (exact) mass is 439 g/mol. The second kappa shape index (κ2) is 8.64. The average molecular weight is 440 g/mol. The molecule has 2 aromatic heterocycles. The topological polar surface area (TPSA) is 82.5 Å². The van der Waals surface area contributed by atoms with E-state index in [0.29, 0.717) is 26.4 Å². The first-order valence-corrected chi connectivity index (χ1v) is 9.56. The SMILES string of the molecule is COC(=O)c1cc(C)sc1NC(=O)c1ccn(COc2c(Cl)cccc2Cl)n1. The Morgan fingerprint density at radius 1 is 1.25 bits per heavy atom. The van der Waals surface area contributed by atoms with E-state index in [1.54, 1.807) is 30.5 Å². The second-order valence-corrected chi connectivity index (χ2v) is 7.68. The molecule has 0 aliphatic heterocycles. The van der Waals surface area contributed by atoms with Crippen molar-refractivity contribution in [2.24, 2.45) is 0 Å². The van der Waals surface area contributed by atoms with Crippen molar-refractivity contribution in [3.63, 3.8) is 0 Å². The average Bonchev–Trinajstić information content (AvgIpc) is 3.27. The zero-order valence-electron chi connectivity index (χ0n) is 14.9. The van der Waals surface area contributed by atoms with Gasteiger partial charge in [0.25, 0.3) is 5.91 Å². The lowest BCUT2D eigenvalue weighted by Crippen LogP contribution is -2.15. The molecule has 0 saturated heterocycles. The van der Waals surface area contributed by atoms with Crippen molar-refractivity contribution in [2.45, 2.75) is 13.7 Å². The summed E-state index contributed by atoms with van der Waals surface area (Å²) in [6, 6.07) is 8.22. The number of rotatable bonds is 6. The molecule has 3 rings (SSSR count). The fourth-order valence-corrected chi connectivity index (χ4v) is 3.74. The Bertz CT molecular complexity index is 1010. The molecule has 0 radical (unpaired) electrons. The molecule has 0 spiro atoms. The third kappa shape index (κ3) is 4.46. The number of hydrogen-bond acceptors (Lipinski definition) is 6. The molecule has 3 aromatic rings. The van der Waals surface area contributed by atoms with Gasteiger partial charge in [-0.2, -0.15) is 5.10 Å². The van der Waals surface area contributed by atoms with Crippen LogP contribution in [0, 0.1) is 6.92 Å². The zero-order valence-corrected chi connectivity index (χ0v) is 17.2. The highest BCUT2D eigenvalue weighted by Crippen LogP contribution is 2.32. The number of para-hydroxylation sites is 1. The number of ether oxygens (including phenoxy) is 2. The summed E-state index contributed by atoms with van der Waals surface area (Å²) in [5, 5.41) is 8.01. The number of methoxy groups -OCH3 is 1. The van der Waals surface area contributed by atoms with Crippen LogP contribution in [-0.2, 0) is 11.5 Å². The molecule has 1 N–H and O–H groups in total. The predicted molar refractivity (Wildman–Crippen MR) is 108 cm³/mol. The smallest absolute Gasteiger partial charge is 0.340 e. The largest absolute Gasteiger partial charge is 0.468 e. The standard InChI is InChI=1S/C18H15Cl2N3O4S/c1-10-8-11(18(25)26-2)17(28-10)21-16(24)14-6-7-23(22-14)9-27-15-12(19)4-3-5-13(15)20/h3-8H,9H2,1-2H3,(H,21,24). The summed E-state index contributed by atoms with van der Waals surface area (Å²) in [6.07, 6.45) is 1.58. The van der Waals surface area contributed by atoms with Gasteiger partial charge in [-0.3, -0.25) is 4.79 Å². The lowest BCUT2D eigenvalue weighted by Gasteiger charge is -2.09. The fourth-order valence-electron chi connectivity index (χ4n) is 2.34. The van der Waals surface area contributed by atoms with Gasteiger partial charge < -0.3 is 14.8 Å². The molecule has 28 heavy (non-hydrogen) atoms. The Morgan fingerprint density at radius 2 is 1.96 bits per heavy atom. The summed E-state index contributed by atoms with van der Waals surface area (Å²) in [6.45, 7) is 1.85. The van der Waals surface area contributed by atoms with Crippen LogP contribution in [0.2, 0.25) is 10.0 Å². The number of carbonyl (C=O) groups is 2. The first-order valence-electron chi connectivity index (χ1n) is 7.99. The van der Waals surface area contributed by atoms with E-state index in [4.69, 9.17) is 32.7 Å². The van der Waals surface area contributed by atoms with E-state index in [1.807, 2.05) is 6.92 Å². The van der Waals surface area contributed by atoms with Gasteiger partial charge in [-0.05, 0) is 31.2 Å². The molecular formula is C18H15Cl2N3O4S. The number of amides is 1. The van der Waals surface area contributed by atoms with Crippen LogP contribution >= 0.6 is 34.5 Å². The number of carbonyl (C=O) groups excluding carboxylic acids is 2. The minimum absolute atomic E-state index is 0.0161.